The minimum atomic E-state index is -0.640. The van der Waals surface area contributed by atoms with Crippen LogP contribution in [0.25, 0.3) is 0 Å². The topological polar surface area (TPSA) is 92.3 Å². The zero-order valence-corrected chi connectivity index (χ0v) is 11.9. The third-order valence-corrected chi connectivity index (χ3v) is 2.64. The van der Waals surface area contributed by atoms with Crippen LogP contribution in [0.5, 0.6) is 0 Å². The lowest BCUT2D eigenvalue weighted by Crippen LogP contribution is -2.45. The fourth-order valence-electron chi connectivity index (χ4n) is 1.49. The normalized spacial score (nSPS) is 11.3. The number of carbonyl (C=O) groups is 2. The summed E-state index contributed by atoms with van der Waals surface area (Å²) in [5, 5.41) is 8.21. The maximum absolute atomic E-state index is 11.6. The summed E-state index contributed by atoms with van der Waals surface area (Å²) >= 11 is 0. The van der Waals surface area contributed by atoms with E-state index in [1.165, 1.54) is 7.11 Å². The summed E-state index contributed by atoms with van der Waals surface area (Å²) in [6.07, 6.45) is 1.07. The largest absolute Gasteiger partial charge is 0.453 e. The number of amides is 2. The Morgan fingerprint density at radius 1 is 1.40 bits per heavy atom. The fraction of sp³-hybridized carbons (Fsp3) is 0.462. The van der Waals surface area contributed by atoms with Gasteiger partial charge in [0.05, 0.1) is 7.11 Å². The maximum atomic E-state index is 11.6. The second-order valence-electron chi connectivity index (χ2n) is 4.24. The van der Waals surface area contributed by atoms with Crippen LogP contribution in [-0.2, 0) is 9.53 Å². The molecule has 1 aromatic heterocycles. The van der Waals surface area contributed by atoms with Gasteiger partial charge in [-0.3, -0.25) is 4.79 Å². The lowest BCUT2D eigenvalue weighted by atomic mass is 10.3. The zero-order valence-electron chi connectivity index (χ0n) is 11.9. The van der Waals surface area contributed by atoms with E-state index >= 15 is 0 Å². The predicted octanol–water partition coefficient (Wildman–Crippen LogP) is 0.663. The molecule has 0 saturated carbocycles. The number of ether oxygens (including phenoxy) is 1. The Morgan fingerprint density at radius 2 is 2.15 bits per heavy atom. The number of hydrogen-bond acceptors (Lipinski definition) is 5. The number of nitrogens with zero attached hydrogens (tertiary/aromatic N) is 1. The summed E-state index contributed by atoms with van der Waals surface area (Å²) in [5.74, 6) is 0.525. The van der Waals surface area contributed by atoms with Gasteiger partial charge >= 0.3 is 6.09 Å². The number of rotatable bonds is 6. The Labute approximate surface area is 118 Å². The number of pyridine rings is 1. The minimum Gasteiger partial charge on any atom is -0.453 e. The summed E-state index contributed by atoms with van der Waals surface area (Å²) in [6, 6.07) is 3.18. The first-order valence-corrected chi connectivity index (χ1v) is 6.32. The molecule has 0 bridgehead atoms. The Morgan fingerprint density at radius 3 is 2.80 bits per heavy atom. The van der Waals surface area contributed by atoms with Crippen molar-refractivity contribution in [2.24, 2.45) is 0 Å². The van der Waals surface area contributed by atoms with Gasteiger partial charge in [-0.2, -0.15) is 0 Å². The molecule has 1 rings (SSSR count). The van der Waals surface area contributed by atoms with E-state index in [0.717, 1.165) is 11.4 Å². The van der Waals surface area contributed by atoms with E-state index < -0.39 is 12.1 Å². The number of nitrogens with one attached hydrogen (secondary N) is 3. The maximum Gasteiger partial charge on any atom is 0.407 e. The van der Waals surface area contributed by atoms with E-state index in [1.807, 2.05) is 19.1 Å². The molecule has 1 aromatic rings. The van der Waals surface area contributed by atoms with Crippen molar-refractivity contribution in [3.05, 3.63) is 23.9 Å². The van der Waals surface area contributed by atoms with Crippen LogP contribution in [0.2, 0.25) is 0 Å². The first kappa shape index (κ1) is 15.7. The molecule has 0 aliphatic carbocycles. The van der Waals surface area contributed by atoms with Crippen LogP contribution in [0.1, 0.15) is 12.5 Å². The van der Waals surface area contributed by atoms with Crippen molar-refractivity contribution < 1.29 is 14.3 Å². The summed E-state index contributed by atoms with van der Waals surface area (Å²) in [5.41, 5.74) is 1.04. The monoisotopic (exact) mass is 280 g/mol. The average Bonchev–Trinajstić information content (AvgIpc) is 2.44. The van der Waals surface area contributed by atoms with Gasteiger partial charge in [0.1, 0.15) is 11.9 Å². The summed E-state index contributed by atoms with van der Waals surface area (Å²) in [6.45, 7) is 4.52. The fourth-order valence-corrected chi connectivity index (χ4v) is 1.49. The van der Waals surface area contributed by atoms with E-state index in [1.54, 1.807) is 13.1 Å². The van der Waals surface area contributed by atoms with Gasteiger partial charge in [-0.15, -0.1) is 0 Å². The van der Waals surface area contributed by atoms with Crippen LogP contribution >= 0.6 is 0 Å². The molecule has 110 valence electrons. The molecule has 0 saturated heterocycles. The minimum absolute atomic E-state index is 0.269. The summed E-state index contributed by atoms with van der Waals surface area (Å²) in [4.78, 5) is 26.8. The third-order valence-electron chi connectivity index (χ3n) is 2.64. The Balaban J connectivity index is 2.25. The zero-order chi connectivity index (χ0) is 15.0. The number of hydrogen-bond donors (Lipinski definition) is 3. The summed E-state index contributed by atoms with van der Waals surface area (Å²) in [7, 11) is 1.25. The molecule has 0 fully saturated rings. The average molecular weight is 280 g/mol. The molecule has 7 nitrogen and oxygen atoms in total. The number of anilines is 1. The molecule has 0 aliphatic heterocycles. The SMILES string of the molecule is COC(=O)N[C@@H](C)C(=O)NCCNc1ncccc1C. The van der Waals surface area contributed by atoms with Crippen LogP contribution in [-0.4, -0.2) is 43.2 Å². The molecular formula is C13H20N4O3. The van der Waals surface area contributed by atoms with Crippen LogP contribution in [0.4, 0.5) is 10.6 Å². The molecule has 0 aliphatic rings. The van der Waals surface area contributed by atoms with Gasteiger partial charge < -0.3 is 20.7 Å². The lowest BCUT2D eigenvalue weighted by Gasteiger charge is -2.13. The van der Waals surface area contributed by atoms with Gasteiger partial charge in [0.2, 0.25) is 5.91 Å². The molecule has 0 spiro atoms. The van der Waals surface area contributed by atoms with Crippen LogP contribution in [0.15, 0.2) is 18.3 Å². The number of aryl methyl sites for hydroxylation is 1. The van der Waals surface area contributed by atoms with Crippen molar-refractivity contribution in [3.8, 4) is 0 Å². The van der Waals surface area contributed by atoms with E-state index in [0.29, 0.717) is 13.1 Å². The molecular weight excluding hydrogens is 260 g/mol. The molecule has 3 N–H and O–H groups in total. The number of alkyl carbamates (subject to hydrolysis) is 1. The van der Waals surface area contributed by atoms with Crippen molar-refractivity contribution in [2.75, 3.05) is 25.5 Å². The van der Waals surface area contributed by atoms with E-state index in [2.05, 4.69) is 25.7 Å². The van der Waals surface area contributed by atoms with Crippen molar-refractivity contribution in [1.82, 2.24) is 15.6 Å². The highest BCUT2D eigenvalue weighted by Crippen LogP contribution is 2.07. The number of aromatic nitrogens is 1. The van der Waals surface area contributed by atoms with Crippen LogP contribution in [0, 0.1) is 6.92 Å². The Kier molecular flexibility index (Phi) is 6.28. The van der Waals surface area contributed by atoms with Crippen LogP contribution < -0.4 is 16.0 Å². The number of methoxy groups -OCH3 is 1. The highest BCUT2D eigenvalue weighted by molar-refractivity contribution is 5.85. The summed E-state index contributed by atoms with van der Waals surface area (Å²) < 4.78 is 4.42. The molecule has 0 aromatic carbocycles. The predicted molar refractivity (Wildman–Crippen MR) is 75.5 cm³/mol. The standard InChI is InChI=1S/C13H20N4O3/c1-9-5-4-6-14-11(9)15-7-8-16-12(18)10(2)17-13(19)20-3/h4-6,10H,7-8H2,1-3H3,(H,14,15)(H,16,18)(H,17,19)/t10-/m0/s1. The van der Waals surface area contributed by atoms with Gasteiger partial charge in [0.25, 0.3) is 0 Å². The molecule has 0 unspecified atom stereocenters. The molecule has 1 atom stereocenters. The smallest absolute Gasteiger partial charge is 0.407 e. The highest BCUT2D eigenvalue weighted by Gasteiger charge is 2.14. The second-order valence-corrected chi connectivity index (χ2v) is 4.24. The van der Waals surface area contributed by atoms with E-state index in [9.17, 15) is 9.59 Å². The van der Waals surface area contributed by atoms with Crippen molar-refractivity contribution in [3.63, 3.8) is 0 Å². The van der Waals surface area contributed by atoms with E-state index in [4.69, 9.17) is 0 Å². The van der Waals surface area contributed by atoms with Crippen LogP contribution in [0.3, 0.4) is 0 Å². The van der Waals surface area contributed by atoms with Crippen molar-refractivity contribution >= 4 is 17.8 Å². The lowest BCUT2D eigenvalue weighted by molar-refractivity contribution is -0.122. The second kappa shape index (κ2) is 7.98. The third kappa shape index (κ3) is 5.13. The van der Waals surface area contributed by atoms with Gasteiger partial charge in [-0.25, -0.2) is 9.78 Å². The first-order valence-electron chi connectivity index (χ1n) is 6.32. The van der Waals surface area contributed by atoms with Crippen molar-refractivity contribution in [1.29, 1.82) is 0 Å². The van der Waals surface area contributed by atoms with Gasteiger partial charge in [-0.05, 0) is 25.5 Å². The van der Waals surface area contributed by atoms with Crippen molar-refractivity contribution in [2.45, 2.75) is 19.9 Å². The Hall–Kier alpha value is -2.31. The Bertz CT molecular complexity index is 465. The number of carbonyl (C=O) groups excluding carboxylic acids is 2. The molecule has 7 heteroatoms. The van der Waals surface area contributed by atoms with E-state index in [-0.39, 0.29) is 5.91 Å². The van der Waals surface area contributed by atoms with Gasteiger partial charge in [-0.1, -0.05) is 6.07 Å². The highest BCUT2D eigenvalue weighted by atomic mass is 16.5. The first-order chi connectivity index (χ1) is 9.54. The quantitative estimate of drug-likeness (QED) is 0.666. The van der Waals surface area contributed by atoms with Gasteiger partial charge in [0.15, 0.2) is 0 Å². The molecule has 0 radical (unpaired) electrons. The molecule has 20 heavy (non-hydrogen) atoms. The van der Waals surface area contributed by atoms with Gasteiger partial charge in [0, 0.05) is 19.3 Å². The molecule has 1 heterocycles. The molecule has 2 amide bonds.